The van der Waals surface area contributed by atoms with Gasteiger partial charge < -0.3 is 16.0 Å². The molecule has 1 aliphatic rings. The summed E-state index contributed by atoms with van der Waals surface area (Å²) in [6.45, 7) is 5.40. The van der Waals surface area contributed by atoms with Crippen molar-refractivity contribution < 1.29 is 18.0 Å². The number of piperazine rings is 1. The number of nitrogens with one attached hydrogen (secondary N) is 1. The van der Waals surface area contributed by atoms with Crippen LogP contribution in [0.25, 0.3) is 0 Å². The van der Waals surface area contributed by atoms with Crippen LogP contribution in [0.2, 0.25) is 0 Å². The van der Waals surface area contributed by atoms with Gasteiger partial charge in [-0.25, -0.2) is 13.2 Å². The number of benzene rings is 2. The Morgan fingerprint density at radius 2 is 1.71 bits per heavy atom. The molecular weight excluding hydrogens is 416 g/mol. The van der Waals surface area contributed by atoms with Gasteiger partial charge in [-0.1, -0.05) is 18.2 Å². The van der Waals surface area contributed by atoms with E-state index in [0.29, 0.717) is 31.6 Å². The fourth-order valence-electron chi connectivity index (χ4n) is 3.46. The third-order valence-electron chi connectivity index (χ3n) is 5.54. The van der Waals surface area contributed by atoms with Crippen LogP contribution >= 0.6 is 0 Å². The predicted molar refractivity (Wildman–Crippen MR) is 118 cm³/mol. The number of carbonyl (C=O) groups is 2. The van der Waals surface area contributed by atoms with E-state index in [9.17, 15) is 18.0 Å². The van der Waals surface area contributed by atoms with Crippen molar-refractivity contribution in [3.63, 3.8) is 0 Å². The second-order valence-electron chi connectivity index (χ2n) is 7.68. The van der Waals surface area contributed by atoms with Gasteiger partial charge in [0.25, 0.3) is 0 Å². The second kappa shape index (κ2) is 9.49. The lowest BCUT2D eigenvalue weighted by Crippen LogP contribution is -2.53. The fourth-order valence-corrected chi connectivity index (χ4v) is 4.97. The number of carbonyl (C=O) groups excluding carboxylic acids is 2. The van der Waals surface area contributed by atoms with Crippen molar-refractivity contribution in [1.82, 2.24) is 14.5 Å². The van der Waals surface area contributed by atoms with Gasteiger partial charge in [0.15, 0.2) is 0 Å². The highest BCUT2D eigenvalue weighted by Gasteiger charge is 2.30. The van der Waals surface area contributed by atoms with Gasteiger partial charge >= 0.3 is 6.03 Å². The third kappa shape index (κ3) is 5.42. The number of rotatable bonds is 6. The van der Waals surface area contributed by atoms with Crippen LogP contribution in [0.4, 0.5) is 4.79 Å². The van der Waals surface area contributed by atoms with Crippen molar-refractivity contribution in [3.8, 4) is 0 Å². The zero-order chi connectivity index (χ0) is 22.6. The monoisotopic (exact) mass is 444 g/mol. The molecule has 0 spiro atoms. The molecule has 0 aliphatic carbocycles. The molecule has 3 rings (SSSR count). The number of primary amides is 1. The molecule has 1 aliphatic heterocycles. The molecule has 2 aromatic rings. The summed E-state index contributed by atoms with van der Waals surface area (Å²) in [7, 11) is -3.58. The lowest BCUT2D eigenvalue weighted by atomic mass is 10.1. The summed E-state index contributed by atoms with van der Waals surface area (Å²) in [4.78, 5) is 25.6. The number of nitrogens with two attached hydrogens (primary N) is 1. The predicted octanol–water partition coefficient (Wildman–Crippen LogP) is 1.66. The first kappa shape index (κ1) is 22.8. The molecule has 166 valence electrons. The Morgan fingerprint density at radius 3 is 2.35 bits per heavy atom. The molecule has 0 bridgehead atoms. The molecule has 2 aromatic carbocycles. The lowest BCUT2D eigenvalue weighted by Gasteiger charge is -2.34. The molecule has 31 heavy (non-hydrogen) atoms. The molecule has 0 radical (unpaired) electrons. The average Bonchev–Trinajstić information content (AvgIpc) is 2.75. The molecule has 0 atom stereocenters. The van der Waals surface area contributed by atoms with E-state index in [1.807, 2.05) is 26.0 Å². The SMILES string of the molecule is Cc1ccc(S(=O)(=O)N2CCN(C(=O)NCCc3cccc(C(N)=O)c3)CC2)cc1C. The number of sulfonamides is 1. The molecule has 0 saturated carbocycles. The van der Waals surface area contributed by atoms with Gasteiger partial charge in [-0.05, 0) is 61.2 Å². The zero-order valence-corrected chi connectivity index (χ0v) is 18.6. The van der Waals surface area contributed by atoms with Gasteiger partial charge in [0, 0.05) is 38.3 Å². The summed E-state index contributed by atoms with van der Waals surface area (Å²) in [5, 5.41) is 2.85. The number of urea groups is 1. The minimum Gasteiger partial charge on any atom is -0.366 e. The Bertz CT molecular complexity index is 1080. The molecule has 1 heterocycles. The zero-order valence-electron chi connectivity index (χ0n) is 17.8. The summed E-state index contributed by atoms with van der Waals surface area (Å²) < 4.78 is 27.2. The quantitative estimate of drug-likeness (QED) is 0.705. The third-order valence-corrected chi connectivity index (χ3v) is 7.44. The van der Waals surface area contributed by atoms with Crippen molar-refractivity contribution in [2.75, 3.05) is 32.7 Å². The Hall–Kier alpha value is -2.91. The van der Waals surface area contributed by atoms with Crippen LogP contribution in [-0.4, -0.2) is 62.3 Å². The number of hydrogen-bond acceptors (Lipinski definition) is 4. The molecule has 0 aromatic heterocycles. The number of amides is 3. The largest absolute Gasteiger partial charge is 0.366 e. The molecule has 1 fully saturated rings. The summed E-state index contributed by atoms with van der Waals surface area (Å²) in [5.41, 5.74) is 8.60. The van der Waals surface area contributed by atoms with Gasteiger partial charge in [0.1, 0.15) is 0 Å². The summed E-state index contributed by atoms with van der Waals surface area (Å²) in [6.07, 6.45) is 0.563. The summed E-state index contributed by atoms with van der Waals surface area (Å²) >= 11 is 0. The van der Waals surface area contributed by atoms with Gasteiger partial charge in [0.2, 0.25) is 15.9 Å². The number of hydrogen-bond donors (Lipinski definition) is 2. The topological polar surface area (TPSA) is 113 Å². The maximum absolute atomic E-state index is 12.9. The molecule has 8 nitrogen and oxygen atoms in total. The van der Waals surface area contributed by atoms with Gasteiger partial charge in [0.05, 0.1) is 4.90 Å². The van der Waals surface area contributed by atoms with Gasteiger partial charge in [-0.15, -0.1) is 0 Å². The minimum atomic E-state index is -3.58. The molecule has 3 amide bonds. The second-order valence-corrected chi connectivity index (χ2v) is 9.62. The van der Waals surface area contributed by atoms with E-state index in [1.165, 1.54) is 4.31 Å². The van der Waals surface area contributed by atoms with E-state index < -0.39 is 15.9 Å². The highest BCUT2D eigenvalue weighted by atomic mass is 32.2. The van der Waals surface area contributed by atoms with E-state index >= 15 is 0 Å². The van der Waals surface area contributed by atoms with Crippen LogP contribution in [0.3, 0.4) is 0 Å². The van der Waals surface area contributed by atoms with Crippen LogP contribution in [0.15, 0.2) is 47.4 Å². The van der Waals surface area contributed by atoms with Gasteiger partial charge in [-0.3, -0.25) is 4.79 Å². The molecule has 0 unspecified atom stereocenters. The Balaban J connectivity index is 1.51. The highest BCUT2D eigenvalue weighted by Crippen LogP contribution is 2.20. The number of aryl methyl sites for hydroxylation is 2. The summed E-state index contributed by atoms with van der Waals surface area (Å²) in [6, 6.07) is 11.9. The van der Waals surface area contributed by atoms with Crippen molar-refractivity contribution >= 4 is 22.0 Å². The smallest absolute Gasteiger partial charge is 0.317 e. The van der Waals surface area contributed by atoms with Crippen LogP contribution in [0, 0.1) is 13.8 Å². The van der Waals surface area contributed by atoms with Crippen LogP contribution in [0.1, 0.15) is 27.0 Å². The van der Waals surface area contributed by atoms with Crippen LogP contribution < -0.4 is 11.1 Å². The number of nitrogens with zero attached hydrogens (tertiary/aromatic N) is 2. The van der Waals surface area contributed by atoms with Crippen molar-refractivity contribution in [2.45, 2.75) is 25.2 Å². The molecular formula is C22H28N4O4S. The molecule has 1 saturated heterocycles. The lowest BCUT2D eigenvalue weighted by molar-refractivity contribution is 0.1000. The molecule has 3 N–H and O–H groups in total. The Morgan fingerprint density at radius 1 is 1.00 bits per heavy atom. The highest BCUT2D eigenvalue weighted by molar-refractivity contribution is 7.89. The normalized spacial score (nSPS) is 15.0. The maximum atomic E-state index is 12.9. The fraction of sp³-hybridized carbons (Fsp3) is 0.364. The minimum absolute atomic E-state index is 0.228. The Kier molecular flexibility index (Phi) is 6.97. The average molecular weight is 445 g/mol. The van der Waals surface area contributed by atoms with E-state index in [0.717, 1.165) is 16.7 Å². The van der Waals surface area contributed by atoms with E-state index in [-0.39, 0.29) is 24.0 Å². The van der Waals surface area contributed by atoms with Crippen molar-refractivity contribution in [3.05, 3.63) is 64.7 Å². The molecule has 9 heteroatoms. The van der Waals surface area contributed by atoms with Crippen molar-refractivity contribution in [1.29, 1.82) is 0 Å². The first-order valence-corrected chi connectivity index (χ1v) is 11.6. The van der Waals surface area contributed by atoms with Crippen LogP contribution in [0.5, 0.6) is 0 Å². The van der Waals surface area contributed by atoms with E-state index in [4.69, 9.17) is 5.73 Å². The van der Waals surface area contributed by atoms with Crippen LogP contribution in [-0.2, 0) is 16.4 Å². The van der Waals surface area contributed by atoms with Gasteiger partial charge in [-0.2, -0.15) is 4.31 Å². The first-order chi connectivity index (χ1) is 14.7. The van der Waals surface area contributed by atoms with E-state index in [2.05, 4.69) is 5.32 Å². The van der Waals surface area contributed by atoms with Crippen molar-refractivity contribution in [2.24, 2.45) is 5.73 Å². The Labute approximate surface area is 183 Å². The first-order valence-electron chi connectivity index (χ1n) is 10.2. The van der Waals surface area contributed by atoms with E-state index in [1.54, 1.807) is 35.2 Å². The maximum Gasteiger partial charge on any atom is 0.317 e. The standard InChI is InChI=1S/C22H28N4O4S/c1-16-6-7-20(14-17(16)2)31(29,30)26-12-10-25(11-13-26)22(28)24-9-8-18-4-3-5-19(15-18)21(23)27/h3-7,14-15H,8-13H2,1-2H3,(H2,23,27)(H,24,28). The summed E-state index contributed by atoms with van der Waals surface area (Å²) in [5.74, 6) is -0.487.